The Morgan fingerprint density at radius 3 is 2.58 bits per heavy atom. The van der Waals surface area contributed by atoms with E-state index in [9.17, 15) is 9.59 Å². The molecule has 0 amide bonds. The maximum Gasteiger partial charge on any atom is 0.257 e. The minimum absolute atomic E-state index is 0.104. The van der Waals surface area contributed by atoms with Crippen LogP contribution in [0.25, 0.3) is 0 Å². The van der Waals surface area contributed by atoms with E-state index in [1.807, 2.05) is 24.3 Å². The third-order valence-electron chi connectivity index (χ3n) is 5.84. The van der Waals surface area contributed by atoms with E-state index in [1.54, 1.807) is 11.8 Å². The van der Waals surface area contributed by atoms with Crippen molar-refractivity contribution in [3.05, 3.63) is 61.5 Å². The van der Waals surface area contributed by atoms with E-state index < -0.39 is 5.92 Å². The Balaban J connectivity index is 1.82. The first-order valence-electron chi connectivity index (χ1n) is 10.7. The van der Waals surface area contributed by atoms with Gasteiger partial charge in [0.2, 0.25) is 0 Å². The molecule has 0 saturated carbocycles. The van der Waals surface area contributed by atoms with Gasteiger partial charge in [0.15, 0.2) is 10.9 Å². The van der Waals surface area contributed by atoms with E-state index in [2.05, 4.69) is 53.9 Å². The third-order valence-corrected chi connectivity index (χ3v) is 7.27. The summed E-state index contributed by atoms with van der Waals surface area (Å²) in [6.07, 6.45) is 2.29. The van der Waals surface area contributed by atoms with Crippen molar-refractivity contribution in [1.82, 2.24) is 9.97 Å². The smallest absolute Gasteiger partial charge is 0.257 e. The van der Waals surface area contributed by atoms with E-state index in [4.69, 9.17) is 4.98 Å². The van der Waals surface area contributed by atoms with Crippen molar-refractivity contribution < 1.29 is 4.79 Å². The number of carbonyl (C=O) groups is 1. The molecule has 1 aliphatic carbocycles. The Morgan fingerprint density at radius 2 is 1.90 bits per heavy atom. The normalized spacial score (nSPS) is 19.8. The molecule has 1 atom stereocenters. The predicted octanol–water partition coefficient (Wildman–Crippen LogP) is 5.87. The number of thioether (sulfide) groups is 1. The summed E-state index contributed by atoms with van der Waals surface area (Å²) < 4.78 is 0.958. The summed E-state index contributed by atoms with van der Waals surface area (Å²) in [6.45, 7) is 8.59. The van der Waals surface area contributed by atoms with Gasteiger partial charge in [0, 0.05) is 33.8 Å². The molecule has 164 valence electrons. The van der Waals surface area contributed by atoms with Gasteiger partial charge in [-0.15, -0.1) is 0 Å². The van der Waals surface area contributed by atoms with Crippen LogP contribution in [-0.4, -0.2) is 21.5 Å². The number of Topliss-reactive ketones (excluding diaryl/α,β-unsaturated/α-hetero) is 1. The van der Waals surface area contributed by atoms with Crippen LogP contribution < -0.4 is 10.9 Å². The lowest BCUT2D eigenvalue weighted by atomic mass is 9.69. The van der Waals surface area contributed by atoms with E-state index in [-0.39, 0.29) is 16.8 Å². The number of carbonyl (C=O) groups excluding carboxylic acids is 1. The van der Waals surface area contributed by atoms with Crippen molar-refractivity contribution in [1.29, 1.82) is 0 Å². The molecule has 1 aromatic heterocycles. The van der Waals surface area contributed by atoms with Crippen molar-refractivity contribution in [3.63, 3.8) is 0 Å². The molecule has 2 aliphatic rings. The molecule has 0 bridgehead atoms. The number of halogens is 1. The van der Waals surface area contributed by atoms with Crippen molar-refractivity contribution in [2.24, 2.45) is 11.3 Å². The SMILES string of the molecule is CC(C)CCSc1nc2c(c(=O)[nH]1)[C@H](c1ccc(Br)cc1)C1=C(CC(C)(C)CC1=O)N2. The summed E-state index contributed by atoms with van der Waals surface area (Å²) in [5.41, 5.74) is 2.77. The van der Waals surface area contributed by atoms with E-state index >= 15 is 0 Å². The lowest BCUT2D eigenvalue weighted by Crippen LogP contribution is -2.37. The first kappa shape index (κ1) is 22.3. The van der Waals surface area contributed by atoms with Crippen LogP contribution in [0.4, 0.5) is 5.82 Å². The highest BCUT2D eigenvalue weighted by Crippen LogP contribution is 2.47. The topological polar surface area (TPSA) is 74.8 Å². The second kappa shape index (κ2) is 8.58. The maximum absolute atomic E-state index is 13.2. The zero-order chi connectivity index (χ0) is 22.3. The van der Waals surface area contributed by atoms with Crippen LogP contribution in [-0.2, 0) is 4.79 Å². The van der Waals surface area contributed by atoms with Gasteiger partial charge in [-0.3, -0.25) is 9.59 Å². The van der Waals surface area contributed by atoms with Crippen molar-refractivity contribution in [2.45, 2.75) is 58.0 Å². The first-order chi connectivity index (χ1) is 14.6. The van der Waals surface area contributed by atoms with Crippen molar-refractivity contribution >= 4 is 39.3 Å². The molecule has 0 spiro atoms. The molecule has 1 aliphatic heterocycles. The highest BCUT2D eigenvalue weighted by atomic mass is 79.9. The zero-order valence-corrected chi connectivity index (χ0v) is 20.7. The van der Waals surface area contributed by atoms with Crippen LogP contribution in [0.5, 0.6) is 0 Å². The van der Waals surface area contributed by atoms with E-state index in [0.717, 1.165) is 34.3 Å². The molecular weight excluding hydrogens is 474 g/mol. The van der Waals surface area contributed by atoms with Gasteiger partial charge in [0.25, 0.3) is 5.56 Å². The fraction of sp³-hybridized carbons (Fsp3) is 0.458. The van der Waals surface area contributed by atoms with Gasteiger partial charge >= 0.3 is 0 Å². The van der Waals surface area contributed by atoms with E-state index in [1.165, 1.54) is 0 Å². The van der Waals surface area contributed by atoms with Crippen molar-refractivity contribution in [3.8, 4) is 0 Å². The van der Waals surface area contributed by atoms with Crippen LogP contribution in [0.1, 0.15) is 64.0 Å². The highest BCUT2D eigenvalue weighted by Gasteiger charge is 2.42. The average Bonchev–Trinajstić information content (AvgIpc) is 2.65. The summed E-state index contributed by atoms with van der Waals surface area (Å²) in [4.78, 5) is 34.2. The van der Waals surface area contributed by atoms with Gasteiger partial charge < -0.3 is 10.3 Å². The number of nitrogens with one attached hydrogen (secondary N) is 2. The summed E-state index contributed by atoms with van der Waals surface area (Å²) >= 11 is 5.05. The fourth-order valence-electron chi connectivity index (χ4n) is 4.34. The highest BCUT2D eigenvalue weighted by molar-refractivity contribution is 9.10. The molecule has 2 heterocycles. The first-order valence-corrected chi connectivity index (χ1v) is 12.5. The summed E-state index contributed by atoms with van der Waals surface area (Å²) in [5, 5.41) is 4.00. The van der Waals surface area contributed by atoms with Gasteiger partial charge in [0.1, 0.15) is 5.82 Å². The number of rotatable bonds is 5. The summed E-state index contributed by atoms with van der Waals surface area (Å²) in [6, 6.07) is 7.86. The second-order valence-electron chi connectivity index (χ2n) is 9.61. The number of aromatic nitrogens is 2. The number of ketones is 1. The minimum Gasteiger partial charge on any atom is -0.343 e. The van der Waals surface area contributed by atoms with Gasteiger partial charge in [0.05, 0.1) is 5.56 Å². The van der Waals surface area contributed by atoms with E-state index in [0.29, 0.717) is 34.4 Å². The number of fused-ring (bicyclic) bond motifs is 1. The molecule has 0 unspecified atom stereocenters. The Labute approximate surface area is 195 Å². The molecule has 0 saturated heterocycles. The Morgan fingerprint density at radius 1 is 1.19 bits per heavy atom. The van der Waals surface area contributed by atoms with Crippen LogP contribution in [0.2, 0.25) is 0 Å². The molecule has 0 fully saturated rings. The molecule has 4 rings (SSSR count). The van der Waals surface area contributed by atoms with Crippen LogP contribution in [0.15, 0.2) is 50.0 Å². The number of aromatic amines is 1. The number of anilines is 1. The molecule has 7 heteroatoms. The van der Waals surface area contributed by atoms with Crippen LogP contribution in [0, 0.1) is 11.3 Å². The summed E-state index contributed by atoms with van der Waals surface area (Å²) in [7, 11) is 0. The zero-order valence-electron chi connectivity index (χ0n) is 18.3. The standard InChI is InChI=1S/C24H28BrN3O2S/c1-13(2)9-10-31-23-27-21-20(22(30)28-23)18(14-5-7-15(25)8-6-14)19-16(26-21)11-24(3,4)12-17(19)29/h5-8,13,18H,9-12H2,1-4H3,(H2,26,27,28,30)/t18-/m1/s1. The minimum atomic E-state index is -0.408. The number of nitrogens with zero attached hydrogens (tertiary/aromatic N) is 1. The average molecular weight is 502 g/mol. The number of allylic oxidation sites excluding steroid dienone is 2. The van der Waals surface area contributed by atoms with Crippen LogP contribution in [0.3, 0.4) is 0 Å². The number of hydrogen-bond donors (Lipinski definition) is 2. The van der Waals surface area contributed by atoms with Gasteiger partial charge in [-0.25, -0.2) is 4.98 Å². The predicted molar refractivity (Wildman–Crippen MR) is 130 cm³/mol. The molecular formula is C24H28BrN3O2S. The van der Waals surface area contributed by atoms with Crippen LogP contribution >= 0.6 is 27.7 Å². The molecule has 1 aromatic carbocycles. The molecule has 31 heavy (non-hydrogen) atoms. The molecule has 2 aromatic rings. The lowest BCUT2D eigenvalue weighted by molar-refractivity contribution is -0.118. The molecule has 2 N–H and O–H groups in total. The second-order valence-corrected chi connectivity index (χ2v) is 11.6. The molecule has 0 radical (unpaired) electrons. The quantitative estimate of drug-likeness (QED) is 0.395. The fourth-order valence-corrected chi connectivity index (χ4v) is 5.71. The number of hydrogen-bond acceptors (Lipinski definition) is 5. The maximum atomic E-state index is 13.2. The van der Waals surface area contributed by atoms with Gasteiger partial charge in [-0.05, 0) is 41.9 Å². The monoisotopic (exact) mass is 501 g/mol. The number of benzene rings is 1. The number of H-pyrrole nitrogens is 1. The Kier molecular flexibility index (Phi) is 6.19. The van der Waals surface area contributed by atoms with Gasteiger partial charge in [-0.1, -0.05) is 67.5 Å². The Bertz CT molecular complexity index is 1100. The summed E-state index contributed by atoms with van der Waals surface area (Å²) in [5.74, 6) is 1.77. The largest absolute Gasteiger partial charge is 0.343 e. The molecule has 5 nitrogen and oxygen atoms in total. The Hall–Kier alpha value is -1.86. The van der Waals surface area contributed by atoms with Crippen molar-refractivity contribution in [2.75, 3.05) is 11.1 Å². The third kappa shape index (κ3) is 4.67. The van der Waals surface area contributed by atoms with Gasteiger partial charge in [-0.2, -0.15) is 0 Å². The lowest BCUT2D eigenvalue weighted by Gasteiger charge is -2.38.